The van der Waals surface area contributed by atoms with E-state index < -0.39 is 29.1 Å². The second kappa shape index (κ2) is 9.14. The molecule has 34 heavy (non-hydrogen) atoms. The number of hydrogen-bond donors (Lipinski definition) is 2. The molecular formula is C24H15BrF3N3O3. The summed E-state index contributed by atoms with van der Waals surface area (Å²) in [5.74, 6) is -1.14. The van der Waals surface area contributed by atoms with Crippen molar-refractivity contribution in [3.8, 4) is 11.6 Å². The second-order valence-corrected chi connectivity index (χ2v) is 8.09. The lowest BCUT2D eigenvalue weighted by molar-refractivity contribution is -0.137. The number of nitrogens with zero attached hydrogens (tertiary/aromatic N) is 2. The molecule has 0 aliphatic carbocycles. The van der Waals surface area contributed by atoms with Crippen LogP contribution in [0, 0.1) is 0 Å². The van der Waals surface area contributed by atoms with Gasteiger partial charge in [0.15, 0.2) is 0 Å². The van der Waals surface area contributed by atoms with Crippen LogP contribution in [0.5, 0.6) is 5.88 Å². The molecule has 0 atom stereocenters. The first kappa shape index (κ1) is 23.2. The van der Waals surface area contributed by atoms with Crippen molar-refractivity contribution in [1.29, 1.82) is 0 Å². The normalized spacial score (nSPS) is 11.8. The minimum atomic E-state index is -4.63. The van der Waals surface area contributed by atoms with E-state index in [0.717, 1.165) is 33.5 Å². The molecule has 0 saturated heterocycles. The molecule has 6 nitrogen and oxygen atoms in total. The first-order chi connectivity index (χ1) is 16.2. The zero-order valence-electron chi connectivity index (χ0n) is 17.2. The number of rotatable bonds is 4. The van der Waals surface area contributed by atoms with Gasteiger partial charge in [0.05, 0.1) is 23.0 Å². The van der Waals surface area contributed by atoms with Gasteiger partial charge in [0, 0.05) is 20.8 Å². The fourth-order valence-electron chi connectivity index (χ4n) is 3.37. The van der Waals surface area contributed by atoms with Crippen LogP contribution in [0.2, 0.25) is 0 Å². The van der Waals surface area contributed by atoms with Crippen LogP contribution in [0.3, 0.4) is 0 Å². The number of benzene rings is 3. The van der Waals surface area contributed by atoms with Crippen molar-refractivity contribution in [2.24, 2.45) is 5.10 Å². The number of amides is 1. The maximum atomic E-state index is 13.2. The van der Waals surface area contributed by atoms with E-state index in [2.05, 4.69) is 26.5 Å². The zero-order chi connectivity index (χ0) is 24.5. The Balaban J connectivity index is 1.80. The number of halogens is 4. The van der Waals surface area contributed by atoms with Crippen molar-refractivity contribution in [3.63, 3.8) is 0 Å². The Kier molecular flexibility index (Phi) is 6.25. The lowest BCUT2D eigenvalue weighted by Crippen LogP contribution is -2.21. The average Bonchev–Trinajstić information content (AvgIpc) is 2.81. The highest BCUT2D eigenvalue weighted by Crippen LogP contribution is 2.32. The fourth-order valence-corrected chi connectivity index (χ4v) is 3.64. The first-order valence-electron chi connectivity index (χ1n) is 9.80. The van der Waals surface area contributed by atoms with Crippen molar-refractivity contribution in [2.75, 3.05) is 0 Å². The smallest absolute Gasteiger partial charge is 0.416 e. The molecule has 1 amide bonds. The molecule has 0 aliphatic heterocycles. The van der Waals surface area contributed by atoms with Gasteiger partial charge in [-0.3, -0.25) is 9.59 Å². The van der Waals surface area contributed by atoms with E-state index in [9.17, 15) is 27.9 Å². The van der Waals surface area contributed by atoms with Gasteiger partial charge in [0.2, 0.25) is 5.88 Å². The summed E-state index contributed by atoms with van der Waals surface area (Å²) in [6.45, 7) is 0. The number of carbonyl (C=O) groups excluding carboxylic acids is 1. The number of alkyl halides is 3. The SMILES string of the molecule is O=C(N/N=C\c1c(O)n(-c2cccc(C(F)(F)F)c2)c(=O)c2ccccc12)c1ccc(Br)cc1. The van der Waals surface area contributed by atoms with Crippen LogP contribution in [0.25, 0.3) is 16.5 Å². The summed E-state index contributed by atoms with van der Waals surface area (Å²) >= 11 is 3.28. The van der Waals surface area contributed by atoms with E-state index in [0.29, 0.717) is 10.9 Å². The summed E-state index contributed by atoms with van der Waals surface area (Å²) in [5.41, 5.74) is 0.865. The molecule has 0 bridgehead atoms. The lowest BCUT2D eigenvalue weighted by Gasteiger charge is -2.15. The third kappa shape index (κ3) is 4.58. The number of aromatic hydroxyl groups is 1. The third-order valence-corrected chi connectivity index (χ3v) is 5.53. The molecule has 4 rings (SSSR count). The Morgan fingerprint density at radius 1 is 1.00 bits per heavy atom. The highest BCUT2D eigenvalue weighted by molar-refractivity contribution is 9.10. The number of aromatic nitrogens is 1. The van der Waals surface area contributed by atoms with Gasteiger partial charge in [0.25, 0.3) is 11.5 Å². The van der Waals surface area contributed by atoms with E-state index in [1.54, 1.807) is 42.5 Å². The number of fused-ring (bicyclic) bond motifs is 1. The Bertz CT molecular complexity index is 1480. The maximum absolute atomic E-state index is 13.2. The van der Waals surface area contributed by atoms with E-state index in [1.165, 1.54) is 12.1 Å². The highest BCUT2D eigenvalue weighted by Gasteiger charge is 2.31. The summed E-state index contributed by atoms with van der Waals surface area (Å²) in [6, 6.07) is 16.9. The predicted molar refractivity (Wildman–Crippen MR) is 125 cm³/mol. The van der Waals surface area contributed by atoms with Crippen molar-refractivity contribution >= 4 is 38.8 Å². The Hall–Kier alpha value is -3.92. The number of carbonyl (C=O) groups is 1. The number of hydrazone groups is 1. The molecule has 172 valence electrons. The van der Waals surface area contributed by atoms with E-state index in [4.69, 9.17) is 0 Å². The first-order valence-corrected chi connectivity index (χ1v) is 10.6. The summed E-state index contributed by atoms with van der Waals surface area (Å²) in [4.78, 5) is 25.4. The van der Waals surface area contributed by atoms with E-state index in [-0.39, 0.29) is 16.6 Å². The molecule has 3 aromatic carbocycles. The second-order valence-electron chi connectivity index (χ2n) is 7.18. The lowest BCUT2D eigenvalue weighted by atomic mass is 10.1. The van der Waals surface area contributed by atoms with E-state index >= 15 is 0 Å². The topological polar surface area (TPSA) is 83.7 Å². The summed E-state index contributed by atoms with van der Waals surface area (Å²) in [5, 5.41) is 15.2. The fraction of sp³-hybridized carbons (Fsp3) is 0.0417. The predicted octanol–water partition coefficient (Wildman–Crippen LogP) is 5.24. The van der Waals surface area contributed by atoms with Gasteiger partial charge in [-0.1, -0.05) is 40.2 Å². The van der Waals surface area contributed by atoms with Crippen LogP contribution >= 0.6 is 15.9 Å². The molecule has 1 aromatic heterocycles. The molecule has 0 unspecified atom stereocenters. The summed E-state index contributed by atoms with van der Waals surface area (Å²) in [7, 11) is 0. The van der Waals surface area contributed by atoms with Gasteiger partial charge in [-0.2, -0.15) is 18.3 Å². The van der Waals surface area contributed by atoms with Gasteiger partial charge in [-0.25, -0.2) is 9.99 Å². The number of nitrogens with one attached hydrogen (secondary N) is 1. The van der Waals surface area contributed by atoms with Gasteiger partial charge in [-0.15, -0.1) is 0 Å². The van der Waals surface area contributed by atoms with Crippen LogP contribution in [-0.2, 0) is 6.18 Å². The van der Waals surface area contributed by atoms with Gasteiger partial charge in [0.1, 0.15) is 0 Å². The van der Waals surface area contributed by atoms with Crippen molar-refractivity contribution in [3.05, 3.63) is 104 Å². The van der Waals surface area contributed by atoms with Gasteiger partial charge in [-0.05, 0) is 48.5 Å². The molecule has 0 radical (unpaired) electrons. The summed E-state index contributed by atoms with van der Waals surface area (Å²) < 4.78 is 41.2. The minimum Gasteiger partial charge on any atom is -0.494 e. The zero-order valence-corrected chi connectivity index (χ0v) is 18.8. The largest absolute Gasteiger partial charge is 0.494 e. The number of hydrogen-bond acceptors (Lipinski definition) is 4. The van der Waals surface area contributed by atoms with Crippen molar-refractivity contribution < 1.29 is 23.1 Å². The molecule has 0 spiro atoms. The molecule has 4 aromatic rings. The molecule has 10 heteroatoms. The standard InChI is InChI=1S/C24H15BrF3N3O3/c25-16-10-8-14(9-11-16)21(32)30-29-13-20-18-6-1-2-7-19(18)22(33)31(23(20)34)17-5-3-4-15(12-17)24(26,27)28/h1-13,34H,(H,30,32)/b29-13-. The van der Waals surface area contributed by atoms with Gasteiger partial charge >= 0.3 is 6.18 Å². The van der Waals surface area contributed by atoms with Crippen LogP contribution in [-0.4, -0.2) is 21.8 Å². The molecule has 0 aliphatic rings. The van der Waals surface area contributed by atoms with Crippen molar-refractivity contribution in [2.45, 2.75) is 6.18 Å². The highest BCUT2D eigenvalue weighted by atomic mass is 79.9. The van der Waals surface area contributed by atoms with Crippen LogP contribution < -0.4 is 11.0 Å². The maximum Gasteiger partial charge on any atom is 0.416 e. The van der Waals surface area contributed by atoms with E-state index in [1.807, 2.05) is 0 Å². The Labute approximate surface area is 199 Å². The van der Waals surface area contributed by atoms with Crippen molar-refractivity contribution in [1.82, 2.24) is 9.99 Å². The van der Waals surface area contributed by atoms with Crippen LogP contribution in [0.1, 0.15) is 21.5 Å². The van der Waals surface area contributed by atoms with Crippen LogP contribution in [0.4, 0.5) is 13.2 Å². The monoisotopic (exact) mass is 529 g/mol. The molecular weight excluding hydrogens is 515 g/mol. The van der Waals surface area contributed by atoms with Gasteiger partial charge < -0.3 is 5.11 Å². The Morgan fingerprint density at radius 3 is 2.35 bits per heavy atom. The minimum absolute atomic E-state index is 0.0451. The average molecular weight is 530 g/mol. The molecule has 1 heterocycles. The number of pyridine rings is 1. The molecule has 0 saturated carbocycles. The Morgan fingerprint density at radius 2 is 1.68 bits per heavy atom. The van der Waals surface area contributed by atoms with Crippen LogP contribution in [0.15, 0.2) is 87.2 Å². The quantitative estimate of drug-likeness (QED) is 0.280. The summed E-state index contributed by atoms with van der Waals surface area (Å²) in [6.07, 6.45) is -3.49. The molecule has 2 N–H and O–H groups in total. The third-order valence-electron chi connectivity index (χ3n) is 5.00. The molecule has 0 fully saturated rings.